The maximum absolute atomic E-state index is 13.0. The first kappa shape index (κ1) is 28.4. The number of hydrogen-bond acceptors (Lipinski definition) is 7. The number of carbonyl (C=O) groups excluding carboxylic acids is 2. The lowest BCUT2D eigenvalue weighted by atomic mass is 10.2. The second kappa shape index (κ2) is 12.3. The molecule has 37 heavy (non-hydrogen) atoms. The van der Waals surface area contributed by atoms with Gasteiger partial charge in [-0.05, 0) is 49.7 Å². The number of primary amides is 1. The number of amides is 2. The van der Waals surface area contributed by atoms with E-state index in [0.29, 0.717) is 40.9 Å². The van der Waals surface area contributed by atoms with E-state index in [-0.39, 0.29) is 22.6 Å². The van der Waals surface area contributed by atoms with Crippen LogP contribution in [0, 0.1) is 0 Å². The Morgan fingerprint density at radius 2 is 1.76 bits per heavy atom. The highest BCUT2D eigenvalue weighted by atomic mass is 32.2. The highest BCUT2D eigenvalue weighted by Gasteiger charge is 2.24. The first-order valence-electron chi connectivity index (χ1n) is 12.0. The van der Waals surface area contributed by atoms with Gasteiger partial charge in [0.2, 0.25) is 21.8 Å². The lowest BCUT2D eigenvalue weighted by Gasteiger charge is -2.19. The van der Waals surface area contributed by atoms with Crippen LogP contribution in [0.4, 0.5) is 5.69 Å². The van der Waals surface area contributed by atoms with Crippen molar-refractivity contribution in [2.45, 2.75) is 50.2 Å². The molecule has 1 aromatic heterocycles. The Balaban J connectivity index is 1.83. The monoisotopic (exact) mass is 544 g/mol. The van der Waals surface area contributed by atoms with Gasteiger partial charge in [-0.3, -0.25) is 14.2 Å². The van der Waals surface area contributed by atoms with Gasteiger partial charge in [0, 0.05) is 35.9 Å². The van der Waals surface area contributed by atoms with Gasteiger partial charge in [0.15, 0.2) is 11.0 Å². The largest absolute Gasteiger partial charge is 0.366 e. The predicted molar refractivity (Wildman–Crippen MR) is 145 cm³/mol. The maximum atomic E-state index is 13.0. The van der Waals surface area contributed by atoms with Gasteiger partial charge in [-0.25, -0.2) is 8.42 Å². The van der Waals surface area contributed by atoms with E-state index in [1.165, 1.54) is 16.1 Å². The summed E-state index contributed by atoms with van der Waals surface area (Å²) in [5.41, 5.74) is 6.79. The third kappa shape index (κ3) is 6.56. The van der Waals surface area contributed by atoms with Crippen molar-refractivity contribution in [1.82, 2.24) is 19.1 Å². The number of hydrogen-bond donors (Lipinski definition) is 2. The summed E-state index contributed by atoms with van der Waals surface area (Å²) in [7, 11) is -3.63. The highest BCUT2D eigenvalue weighted by molar-refractivity contribution is 7.99. The predicted octanol–water partition coefficient (Wildman–Crippen LogP) is 3.78. The molecule has 0 saturated carbocycles. The number of aromatic nitrogens is 3. The molecule has 2 aromatic carbocycles. The van der Waals surface area contributed by atoms with Gasteiger partial charge in [-0.1, -0.05) is 44.7 Å². The first-order chi connectivity index (χ1) is 17.6. The number of sulfonamides is 1. The first-order valence-corrected chi connectivity index (χ1v) is 14.4. The van der Waals surface area contributed by atoms with E-state index < -0.39 is 15.9 Å². The summed E-state index contributed by atoms with van der Waals surface area (Å²) in [5.74, 6) is -0.159. The number of thioether (sulfide) groups is 1. The average molecular weight is 545 g/mol. The molecule has 1 heterocycles. The number of rotatable bonds is 12. The Hall–Kier alpha value is -3.22. The molecule has 12 heteroatoms. The van der Waals surface area contributed by atoms with Crippen LogP contribution in [0.2, 0.25) is 0 Å². The molecule has 3 rings (SSSR count). The SMILES string of the molecule is CC[C@@H](C)n1c(SCC(=O)Nc2ccc(C(N)=O)cc2)nnc1-c1cccc(S(=O)(=O)N(CC)CC)c1. The molecule has 3 N–H and O–H groups in total. The summed E-state index contributed by atoms with van der Waals surface area (Å²) in [4.78, 5) is 24.0. The van der Waals surface area contributed by atoms with Gasteiger partial charge < -0.3 is 11.1 Å². The molecule has 0 bridgehead atoms. The molecule has 198 valence electrons. The Labute approximate surface area is 221 Å². The van der Waals surface area contributed by atoms with Crippen molar-refractivity contribution >= 4 is 39.3 Å². The van der Waals surface area contributed by atoms with Crippen LogP contribution in [0.1, 0.15) is 50.5 Å². The van der Waals surface area contributed by atoms with Gasteiger partial charge >= 0.3 is 0 Å². The van der Waals surface area contributed by atoms with Crippen molar-refractivity contribution in [1.29, 1.82) is 0 Å². The van der Waals surface area contributed by atoms with Crippen LogP contribution in [-0.4, -0.2) is 58.1 Å². The normalized spacial score (nSPS) is 12.5. The van der Waals surface area contributed by atoms with E-state index in [2.05, 4.69) is 15.5 Å². The van der Waals surface area contributed by atoms with Crippen molar-refractivity contribution in [3.63, 3.8) is 0 Å². The summed E-state index contributed by atoms with van der Waals surface area (Å²) in [5, 5.41) is 12.0. The maximum Gasteiger partial charge on any atom is 0.248 e. The number of carbonyl (C=O) groups is 2. The molecule has 0 aliphatic carbocycles. The van der Waals surface area contributed by atoms with Gasteiger partial charge in [0.05, 0.1) is 10.6 Å². The molecule has 0 unspecified atom stereocenters. The van der Waals surface area contributed by atoms with Crippen LogP contribution in [-0.2, 0) is 14.8 Å². The molecule has 3 aromatic rings. The van der Waals surface area contributed by atoms with Crippen molar-refractivity contribution in [3.05, 3.63) is 54.1 Å². The fourth-order valence-electron chi connectivity index (χ4n) is 3.71. The van der Waals surface area contributed by atoms with E-state index in [9.17, 15) is 18.0 Å². The fourth-order valence-corrected chi connectivity index (χ4v) is 6.05. The van der Waals surface area contributed by atoms with E-state index >= 15 is 0 Å². The minimum Gasteiger partial charge on any atom is -0.366 e. The van der Waals surface area contributed by atoms with Crippen molar-refractivity contribution in [2.24, 2.45) is 5.73 Å². The summed E-state index contributed by atoms with van der Waals surface area (Å²) < 4.78 is 29.4. The summed E-state index contributed by atoms with van der Waals surface area (Å²) in [6.07, 6.45) is 0.786. The average Bonchev–Trinajstić information content (AvgIpc) is 3.32. The van der Waals surface area contributed by atoms with Gasteiger partial charge in [-0.2, -0.15) is 4.31 Å². The molecule has 10 nitrogen and oxygen atoms in total. The van der Waals surface area contributed by atoms with Gasteiger partial charge in [-0.15, -0.1) is 10.2 Å². The van der Waals surface area contributed by atoms with E-state index in [1.54, 1.807) is 62.4 Å². The fraction of sp³-hybridized carbons (Fsp3) is 0.360. The minimum absolute atomic E-state index is 0.0138. The second-order valence-corrected chi connectivity index (χ2v) is 11.2. The second-order valence-electron chi connectivity index (χ2n) is 8.33. The summed E-state index contributed by atoms with van der Waals surface area (Å²) in [6.45, 7) is 8.43. The Kier molecular flexibility index (Phi) is 9.46. The topological polar surface area (TPSA) is 140 Å². The summed E-state index contributed by atoms with van der Waals surface area (Å²) >= 11 is 1.24. The number of benzene rings is 2. The molecular weight excluding hydrogens is 512 g/mol. The molecule has 0 aliphatic heterocycles. The van der Waals surface area contributed by atoms with Crippen LogP contribution < -0.4 is 11.1 Å². The van der Waals surface area contributed by atoms with Crippen LogP contribution in [0.3, 0.4) is 0 Å². The summed E-state index contributed by atoms with van der Waals surface area (Å²) in [6, 6.07) is 13.0. The highest BCUT2D eigenvalue weighted by Crippen LogP contribution is 2.30. The zero-order chi connectivity index (χ0) is 27.2. The van der Waals surface area contributed by atoms with Crippen LogP contribution in [0.25, 0.3) is 11.4 Å². The third-order valence-corrected chi connectivity index (χ3v) is 8.91. The minimum atomic E-state index is -3.63. The van der Waals surface area contributed by atoms with Crippen LogP contribution >= 0.6 is 11.8 Å². The molecule has 2 amide bonds. The number of nitrogens with zero attached hydrogens (tertiary/aromatic N) is 4. The molecule has 0 radical (unpaired) electrons. The Bertz CT molecular complexity index is 1350. The van der Waals surface area contributed by atoms with E-state index in [1.807, 2.05) is 18.4 Å². The van der Waals surface area contributed by atoms with Crippen molar-refractivity contribution in [2.75, 3.05) is 24.2 Å². The molecule has 0 spiro atoms. The molecule has 0 fully saturated rings. The van der Waals surface area contributed by atoms with E-state index in [4.69, 9.17) is 5.73 Å². The van der Waals surface area contributed by atoms with Gasteiger partial charge in [0.25, 0.3) is 0 Å². The quantitative estimate of drug-likeness (QED) is 0.331. The van der Waals surface area contributed by atoms with E-state index in [0.717, 1.165) is 6.42 Å². The number of anilines is 1. The zero-order valence-electron chi connectivity index (χ0n) is 21.3. The smallest absolute Gasteiger partial charge is 0.248 e. The molecular formula is C25H32N6O4S2. The Morgan fingerprint density at radius 3 is 2.35 bits per heavy atom. The van der Waals surface area contributed by atoms with Crippen molar-refractivity contribution < 1.29 is 18.0 Å². The lowest BCUT2D eigenvalue weighted by Crippen LogP contribution is -2.30. The molecule has 0 aliphatic rings. The molecule has 1 atom stereocenters. The number of nitrogens with one attached hydrogen (secondary N) is 1. The van der Waals surface area contributed by atoms with Crippen LogP contribution in [0.5, 0.6) is 0 Å². The van der Waals surface area contributed by atoms with Crippen molar-refractivity contribution in [3.8, 4) is 11.4 Å². The number of nitrogens with two attached hydrogens (primary N) is 1. The van der Waals surface area contributed by atoms with Crippen LogP contribution in [0.15, 0.2) is 58.6 Å². The molecule has 0 saturated heterocycles. The van der Waals surface area contributed by atoms with Gasteiger partial charge in [0.1, 0.15) is 0 Å². The Morgan fingerprint density at radius 1 is 1.08 bits per heavy atom. The lowest BCUT2D eigenvalue weighted by molar-refractivity contribution is -0.113. The third-order valence-electron chi connectivity index (χ3n) is 5.92. The standard InChI is InChI=1S/C25H32N6O4S2/c1-5-17(4)31-24(19-9-8-10-21(15-19)37(34,35)30(6-2)7-3)28-29-25(31)36-16-22(32)27-20-13-11-18(12-14-20)23(26)33/h8-15,17H,5-7,16H2,1-4H3,(H2,26,33)(H,27,32)/t17-/m1/s1. The zero-order valence-corrected chi connectivity index (χ0v) is 23.0.